The zero-order valence-corrected chi connectivity index (χ0v) is 37.8. The normalized spacial score (nSPS) is 21.3. The van der Waals surface area contributed by atoms with Crippen molar-refractivity contribution >= 4 is 83.0 Å². The molecule has 1 amide bonds. The maximum Gasteiger partial charge on any atom is 0.326 e. The topological polar surface area (TPSA) is 192 Å². The van der Waals surface area contributed by atoms with Crippen LogP contribution in [0.1, 0.15) is 102 Å². The van der Waals surface area contributed by atoms with E-state index in [0.717, 1.165) is 76.1 Å². The molecule has 318 valence electrons. The van der Waals surface area contributed by atoms with Gasteiger partial charge in [-0.1, -0.05) is 74.3 Å². The highest BCUT2D eigenvalue weighted by molar-refractivity contribution is 9.11. The third-order valence-corrected chi connectivity index (χ3v) is 14.3. The number of carbonyl (C=O) groups is 4. The number of likely N-dealkylation sites (tertiary alicyclic amines) is 1. The minimum absolute atomic E-state index is 0.104. The van der Waals surface area contributed by atoms with Crippen molar-refractivity contribution in [3.63, 3.8) is 0 Å². The van der Waals surface area contributed by atoms with Gasteiger partial charge in [0.25, 0.3) is 0 Å². The highest BCUT2D eigenvalue weighted by atomic mass is 79.9. The quantitative estimate of drug-likeness (QED) is 0.0394. The van der Waals surface area contributed by atoms with Crippen molar-refractivity contribution in [2.75, 3.05) is 24.6 Å². The second-order valence-corrected chi connectivity index (χ2v) is 19.1. The highest BCUT2D eigenvalue weighted by Gasteiger charge is 2.37. The maximum absolute atomic E-state index is 12.7. The van der Waals surface area contributed by atoms with Crippen LogP contribution in [-0.2, 0) is 36.9 Å². The summed E-state index contributed by atoms with van der Waals surface area (Å²) in [6.45, 7) is 4.86. The Morgan fingerprint density at radius 2 is 1.74 bits per heavy atom. The molecule has 3 aliphatic rings. The Morgan fingerprint density at radius 3 is 2.37 bits per heavy atom. The molecule has 2 aromatic rings. The number of carbonyl (C=O) groups excluding carboxylic acids is 2. The molecule has 7 N–H and O–H groups in total. The van der Waals surface area contributed by atoms with Crippen molar-refractivity contribution in [1.82, 2.24) is 15.5 Å². The van der Waals surface area contributed by atoms with E-state index in [0.29, 0.717) is 44.7 Å². The molecule has 2 aromatic carbocycles. The number of nitrogens with zero attached hydrogens (tertiary/aromatic N) is 1. The van der Waals surface area contributed by atoms with Crippen LogP contribution < -0.4 is 16.4 Å². The fourth-order valence-electron chi connectivity index (χ4n) is 6.91. The summed E-state index contributed by atoms with van der Waals surface area (Å²) in [7, 11) is 3.92. The Morgan fingerprint density at radius 1 is 1.02 bits per heavy atom. The van der Waals surface area contributed by atoms with Crippen LogP contribution in [-0.4, -0.2) is 98.5 Å². The number of hydrogen-bond acceptors (Lipinski definition) is 11. The minimum atomic E-state index is -0.987. The largest absolute Gasteiger partial charge is 0.481 e. The van der Waals surface area contributed by atoms with E-state index in [-0.39, 0.29) is 18.6 Å². The van der Waals surface area contributed by atoms with E-state index in [9.17, 15) is 29.4 Å². The Balaban J connectivity index is 0.000000249. The lowest BCUT2D eigenvalue weighted by Crippen LogP contribution is -2.53. The van der Waals surface area contributed by atoms with E-state index >= 15 is 0 Å². The molecule has 2 saturated heterocycles. The number of nitrogens with two attached hydrogens (primary N) is 1. The van der Waals surface area contributed by atoms with E-state index in [1.165, 1.54) is 23.5 Å². The third-order valence-electron chi connectivity index (χ3n) is 10.1. The number of nitrogen functional groups attached to an aromatic ring is 1. The second-order valence-electron chi connectivity index (χ2n) is 14.6. The number of carboxylic acid groups (broad SMARTS) is 2. The van der Waals surface area contributed by atoms with Gasteiger partial charge < -0.3 is 36.0 Å². The molecular formula is C41H60Br2N4O8S2. The smallest absolute Gasteiger partial charge is 0.326 e. The SMILES string of the molecule is CCOC(=O)[C@@H](CCc1ccccc1)N[C@H](C)C(=O)N1CCCC1C(=O)O.Nc1c(Br)cc(Br)cc1CNC1CCC(O)CC1.O=C(O)CCCC[C@@H]1CCSS1. The van der Waals surface area contributed by atoms with Crippen LogP contribution in [0.3, 0.4) is 0 Å². The first-order valence-electron chi connectivity index (χ1n) is 19.9. The van der Waals surface area contributed by atoms with Gasteiger partial charge in [-0.2, -0.15) is 0 Å². The maximum atomic E-state index is 12.7. The van der Waals surface area contributed by atoms with Gasteiger partial charge in [0.2, 0.25) is 5.91 Å². The number of aliphatic hydroxyl groups excluding tert-OH is 1. The molecule has 0 radical (unpaired) electrons. The number of ether oxygens (including phenoxy) is 1. The number of hydrogen-bond donors (Lipinski definition) is 6. The Kier molecular flexibility index (Phi) is 23.0. The summed E-state index contributed by atoms with van der Waals surface area (Å²) in [5.74, 6) is -1.07. The summed E-state index contributed by atoms with van der Waals surface area (Å²) in [6, 6.07) is 12.2. The number of benzene rings is 2. The number of esters is 1. The summed E-state index contributed by atoms with van der Waals surface area (Å²) in [5, 5.41) is 34.5. The standard InChI is InChI=1S/C20H28N2O5.C13H18Br2N2O.C8H14O2S2/c1-3-27-20(26)16(12-11-15-8-5-4-6-9-15)21-14(2)18(23)22-13-7-10-17(22)19(24)25;14-9-5-8(13(16)12(15)6-9)7-17-10-1-3-11(18)4-2-10;9-8(10)4-2-1-3-7-5-6-11-12-7/h4-6,8-9,14,16-17,21H,3,7,10-13H2,1-2H3,(H,24,25);5-6,10-11,17-18H,1-4,7,16H2;7H,1-6H2,(H,9,10)/t14-,16-,17?;;7-/m1.1/s1. The van der Waals surface area contributed by atoms with Crippen LogP contribution in [0.15, 0.2) is 51.4 Å². The number of amides is 1. The molecule has 2 heterocycles. The third kappa shape index (κ3) is 18.2. The van der Waals surface area contributed by atoms with Crippen molar-refractivity contribution in [3.05, 3.63) is 62.5 Å². The predicted octanol–water partition coefficient (Wildman–Crippen LogP) is 7.58. The van der Waals surface area contributed by atoms with Crippen molar-refractivity contribution in [2.45, 2.75) is 139 Å². The highest BCUT2D eigenvalue weighted by Crippen LogP contribution is 2.40. The average molecular weight is 961 g/mol. The Labute approximate surface area is 362 Å². The lowest BCUT2D eigenvalue weighted by Gasteiger charge is -2.27. The van der Waals surface area contributed by atoms with Gasteiger partial charge >= 0.3 is 17.9 Å². The molecule has 1 saturated carbocycles. The van der Waals surface area contributed by atoms with Gasteiger partial charge in [0.1, 0.15) is 12.1 Å². The number of aliphatic carboxylic acids is 2. The van der Waals surface area contributed by atoms with Gasteiger partial charge in [-0.05, 0) is 124 Å². The minimum Gasteiger partial charge on any atom is -0.481 e. The van der Waals surface area contributed by atoms with Crippen LogP contribution >= 0.6 is 53.4 Å². The summed E-state index contributed by atoms with van der Waals surface area (Å²) in [4.78, 5) is 47.9. The number of carboxylic acids is 2. The van der Waals surface area contributed by atoms with Crippen LogP contribution in [0.5, 0.6) is 0 Å². The summed E-state index contributed by atoms with van der Waals surface area (Å²) in [6.07, 6.45) is 10.8. The molecule has 0 aromatic heterocycles. The fraction of sp³-hybridized carbons (Fsp3) is 0.610. The molecule has 3 fully saturated rings. The van der Waals surface area contributed by atoms with E-state index in [2.05, 4.69) is 42.5 Å². The molecule has 0 bridgehead atoms. The average Bonchev–Trinajstić information content (AvgIpc) is 3.91. The summed E-state index contributed by atoms with van der Waals surface area (Å²) < 4.78 is 7.09. The Hall–Kier alpha value is -2.34. The van der Waals surface area contributed by atoms with E-state index in [1.54, 1.807) is 13.8 Å². The van der Waals surface area contributed by atoms with Gasteiger partial charge in [-0.15, -0.1) is 0 Å². The molecule has 12 nitrogen and oxygen atoms in total. The molecule has 16 heteroatoms. The monoisotopic (exact) mass is 958 g/mol. The van der Waals surface area contributed by atoms with Gasteiger partial charge in [0.05, 0.1) is 24.4 Å². The fourth-order valence-corrected chi connectivity index (χ4v) is 11.2. The lowest BCUT2D eigenvalue weighted by molar-refractivity contribution is -0.150. The van der Waals surface area contributed by atoms with Gasteiger partial charge in [0.15, 0.2) is 0 Å². The van der Waals surface area contributed by atoms with Gasteiger partial charge in [-0.3, -0.25) is 19.7 Å². The number of rotatable bonds is 17. The molecule has 1 aliphatic carbocycles. The van der Waals surface area contributed by atoms with E-state index < -0.39 is 36.0 Å². The number of halogens is 2. The van der Waals surface area contributed by atoms with Crippen molar-refractivity contribution in [2.24, 2.45) is 0 Å². The van der Waals surface area contributed by atoms with Gasteiger partial charge in [-0.25, -0.2) is 4.79 Å². The lowest BCUT2D eigenvalue weighted by atomic mass is 9.93. The molecule has 2 aliphatic heterocycles. The molecule has 5 rings (SSSR count). The molecule has 0 spiro atoms. The van der Waals surface area contributed by atoms with Gasteiger partial charge in [0, 0.05) is 45.5 Å². The molecule has 4 atom stereocenters. The van der Waals surface area contributed by atoms with E-state index in [4.69, 9.17) is 15.6 Å². The number of unbranched alkanes of at least 4 members (excludes halogenated alkanes) is 1. The van der Waals surface area contributed by atoms with E-state index in [1.807, 2.05) is 64.1 Å². The van der Waals surface area contributed by atoms with Crippen LogP contribution in [0.4, 0.5) is 5.69 Å². The van der Waals surface area contributed by atoms with Crippen LogP contribution in [0, 0.1) is 0 Å². The molecular weight excluding hydrogens is 900 g/mol. The van der Waals surface area contributed by atoms with Crippen molar-refractivity contribution in [1.29, 1.82) is 0 Å². The molecule has 1 unspecified atom stereocenters. The second kappa shape index (κ2) is 26.7. The zero-order chi connectivity index (χ0) is 41.7. The number of nitrogens with one attached hydrogen (secondary N) is 2. The molecule has 57 heavy (non-hydrogen) atoms. The summed E-state index contributed by atoms with van der Waals surface area (Å²) >= 11 is 6.93. The first-order valence-corrected chi connectivity index (χ1v) is 23.9. The zero-order valence-electron chi connectivity index (χ0n) is 33.0. The van der Waals surface area contributed by atoms with Crippen LogP contribution in [0.25, 0.3) is 0 Å². The first-order chi connectivity index (χ1) is 27.3. The van der Waals surface area contributed by atoms with Crippen LogP contribution in [0.2, 0.25) is 0 Å². The Bertz CT molecular complexity index is 1550. The number of aliphatic hydroxyl groups is 1. The summed E-state index contributed by atoms with van der Waals surface area (Å²) in [5.41, 5.74) is 9.03. The first kappa shape index (κ1) is 49.0. The number of anilines is 1. The number of aryl methyl sites for hydroxylation is 1. The predicted molar refractivity (Wildman–Crippen MR) is 236 cm³/mol. The van der Waals surface area contributed by atoms with Crippen molar-refractivity contribution in [3.8, 4) is 0 Å². The van der Waals surface area contributed by atoms with Crippen molar-refractivity contribution < 1.29 is 39.2 Å².